The second-order valence-electron chi connectivity index (χ2n) is 11.8. The number of halogens is 3. The number of carbonyl (C=O) groups excluding carboxylic acids is 2. The second kappa shape index (κ2) is 16.3. The van der Waals surface area contributed by atoms with E-state index in [0.29, 0.717) is 35.1 Å². The van der Waals surface area contributed by atoms with Crippen LogP contribution in [0.4, 0.5) is 8.78 Å². The smallest absolute Gasteiger partial charge is 0.249 e. The van der Waals surface area contributed by atoms with Crippen LogP contribution in [0, 0.1) is 23.0 Å². The Morgan fingerprint density at radius 1 is 1.16 bits per heavy atom. The number of aryl methyl sites for hydroxylation is 1. The van der Waals surface area contributed by atoms with E-state index in [0.717, 1.165) is 44.0 Å². The van der Waals surface area contributed by atoms with Gasteiger partial charge < -0.3 is 26.0 Å². The summed E-state index contributed by atoms with van der Waals surface area (Å²) >= 11 is 6.33. The largest absolute Gasteiger partial charge is 0.391 e. The lowest BCUT2D eigenvalue weighted by Gasteiger charge is -2.42. The van der Waals surface area contributed by atoms with Crippen LogP contribution in [0.5, 0.6) is 0 Å². The third-order valence-electron chi connectivity index (χ3n) is 8.08. The van der Waals surface area contributed by atoms with Crippen molar-refractivity contribution in [2.75, 3.05) is 19.6 Å². The molecule has 1 aromatic carbocycles. The van der Waals surface area contributed by atoms with Crippen LogP contribution in [0.2, 0.25) is 5.15 Å². The number of nitrogens with one attached hydrogen (secondary N) is 2. The predicted molar refractivity (Wildman–Crippen MR) is 169 cm³/mol. The fourth-order valence-corrected chi connectivity index (χ4v) is 6.28. The van der Waals surface area contributed by atoms with Gasteiger partial charge in [-0.05, 0) is 56.7 Å². The number of allylic oxidation sites excluding steroid dienone is 2. The Morgan fingerprint density at radius 2 is 1.82 bits per heavy atom. The normalized spacial score (nSPS) is 18.0. The van der Waals surface area contributed by atoms with Crippen LogP contribution >= 0.6 is 11.6 Å². The number of aliphatic hydroxyl groups is 1. The van der Waals surface area contributed by atoms with E-state index in [1.54, 1.807) is 24.0 Å². The first-order valence-corrected chi connectivity index (χ1v) is 15.9. The number of aromatic nitrogens is 2. The van der Waals surface area contributed by atoms with E-state index in [1.165, 1.54) is 12.1 Å². The number of aliphatic hydroxyl groups excluding tert-OH is 1. The molecule has 3 rings (SSSR count). The number of H-pyrrole nitrogens is 1. The number of hydrogen-bond acceptors (Lipinski definition) is 5. The number of aromatic amines is 1. The van der Waals surface area contributed by atoms with Crippen molar-refractivity contribution in [3.8, 4) is 0 Å². The standard InChI is InChI=1S/C33H46ClF2N5O3/c1-5-8-9-29-39-27(30(34)40-29)19-38-20-28(42)26(15-22-13-24(35)16-25(36)14-22)33(32(37)44)17-21(4)12-23(18-33)31(43)41(10-6-2)11-7-3/h12-14,16-17,26,28,38,42H,5-11,15,18-20H2,1-4H3,(H2,37,44)(H,39,40)/t26-,28+,33?/m1/s1. The number of nitrogens with two attached hydrogens (primary N) is 1. The van der Waals surface area contributed by atoms with E-state index in [1.807, 2.05) is 13.8 Å². The molecule has 11 heteroatoms. The van der Waals surface area contributed by atoms with Gasteiger partial charge in [0.1, 0.15) is 17.5 Å². The van der Waals surface area contributed by atoms with Crippen molar-refractivity contribution >= 4 is 23.4 Å². The zero-order valence-electron chi connectivity index (χ0n) is 26.2. The fraction of sp³-hybridized carbons (Fsp3) is 0.545. The molecule has 0 aliphatic heterocycles. The summed E-state index contributed by atoms with van der Waals surface area (Å²) in [6, 6.07) is 3.13. The Balaban J connectivity index is 1.95. The number of imidazole rings is 1. The minimum absolute atomic E-state index is 0.00874. The summed E-state index contributed by atoms with van der Waals surface area (Å²) in [5, 5.41) is 15.2. The molecule has 3 atom stereocenters. The number of primary amides is 1. The highest BCUT2D eigenvalue weighted by Crippen LogP contribution is 2.44. The molecule has 8 nitrogen and oxygen atoms in total. The van der Waals surface area contributed by atoms with Gasteiger partial charge in [-0.2, -0.15) is 0 Å². The highest BCUT2D eigenvalue weighted by molar-refractivity contribution is 6.30. The maximum atomic E-state index is 14.2. The number of benzene rings is 1. The lowest BCUT2D eigenvalue weighted by atomic mass is 9.63. The maximum Gasteiger partial charge on any atom is 0.249 e. The van der Waals surface area contributed by atoms with E-state index in [2.05, 4.69) is 22.2 Å². The van der Waals surface area contributed by atoms with Gasteiger partial charge in [0.25, 0.3) is 0 Å². The molecule has 0 spiro atoms. The summed E-state index contributed by atoms with van der Waals surface area (Å²) < 4.78 is 28.5. The van der Waals surface area contributed by atoms with Crippen molar-refractivity contribution in [1.82, 2.24) is 20.2 Å². The zero-order chi connectivity index (χ0) is 32.4. The minimum atomic E-state index is -1.50. The minimum Gasteiger partial charge on any atom is -0.391 e. The number of amides is 2. The molecule has 1 unspecified atom stereocenters. The van der Waals surface area contributed by atoms with Crippen molar-refractivity contribution < 1.29 is 23.5 Å². The van der Waals surface area contributed by atoms with Crippen LogP contribution in [0.25, 0.3) is 0 Å². The molecule has 242 valence electrons. The van der Waals surface area contributed by atoms with Gasteiger partial charge in [0.05, 0.1) is 17.2 Å². The summed E-state index contributed by atoms with van der Waals surface area (Å²) in [6.45, 7) is 9.24. The third-order valence-corrected chi connectivity index (χ3v) is 8.39. The summed E-state index contributed by atoms with van der Waals surface area (Å²) in [5.74, 6) is -2.61. The topological polar surface area (TPSA) is 124 Å². The average Bonchev–Trinajstić information content (AvgIpc) is 3.32. The molecule has 44 heavy (non-hydrogen) atoms. The van der Waals surface area contributed by atoms with Gasteiger partial charge >= 0.3 is 0 Å². The van der Waals surface area contributed by atoms with Crippen LogP contribution in [0.3, 0.4) is 0 Å². The first kappa shape index (κ1) is 35.4. The summed E-state index contributed by atoms with van der Waals surface area (Å²) in [5.41, 5.74) is 6.58. The number of unbranched alkanes of at least 4 members (excludes halogenated alkanes) is 1. The Labute approximate surface area is 264 Å². The Kier molecular flexibility index (Phi) is 13.1. The highest BCUT2D eigenvalue weighted by Gasteiger charge is 2.48. The summed E-state index contributed by atoms with van der Waals surface area (Å²) in [4.78, 5) is 36.4. The molecular weight excluding hydrogens is 588 g/mol. The molecule has 1 aliphatic rings. The monoisotopic (exact) mass is 633 g/mol. The summed E-state index contributed by atoms with van der Waals surface area (Å²) in [6.07, 6.45) is 6.42. The molecule has 0 fully saturated rings. The van der Waals surface area contributed by atoms with Gasteiger partial charge in [0.2, 0.25) is 11.8 Å². The molecule has 2 aromatic rings. The molecule has 1 aliphatic carbocycles. The van der Waals surface area contributed by atoms with E-state index in [9.17, 15) is 23.5 Å². The zero-order valence-corrected chi connectivity index (χ0v) is 26.9. The molecule has 2 amide bonds. The lowest BCUT2D eigenvalue weighted by molar-refractivity contribution is -0.132. The number of nitrogens with zero attached hydrogens (tertiary/aromatic N) is 2. The summed E-state index contributed by atoms with van der Waals surface area (Å²) in [7, 11) is 0. The fourth-order valence-electron chi connectivity index (χ4n) is 6.07. The number of rotatable bonds is 17. The van der Waals surface area contributed by atoms with Crippen molar-refractivity contribution in [1.29, 1.82) is 0 Å². The van der Waals surface area contributed by atoms with Crippen LogP contribution in [-0.2, 0) is 29.0 Å². The van der Waals surface area contributed by atoms with Crippen LogP contribution < -0.4 is 11.1 Å². The van der Waals surface area contributed by atoms with Gasteiger partial charge in [-0.1, -0.05) is 56.5 Å². The molecule has 5 N–H and O–H groups in total. The van der Waals surface area contributed by atoms with Crippen LogP contribution in [0.15, 0.2) is 41.5 Å². The Bertz CT molecular complexity index is 1330. The molecule has 0 saturated heterocycles. The molecule has 0 saturated carbocycles. The van der Waals surface area contributed by atoms with Gasteiger partial charge in [-0.15, -0.1) is 0 Å². The van der Waals surface area contributed by atoms with E-state index < -0.39 is 35.0 Å². The first-order chi connectivity index (χ1) is 20.9. The van der Waals surface area contributed by atoms with Crippen LogP contribution in [0.1, 0.15) is 76.9 Å². The average molecular weight is 634 g/mol. The van der Waals surface area contributed by atoms with E-state index in [-0.39, 0.29) is 37.4 Å². The van der Waals surface area contributed by atoms with Crippen molar-refractivity contribution in [3.63, 3.8) is 0 Å². The SMILES string of the molecule is CCCCc1nc(Cl)c(CNC[C@H](O)[C@@H](Cc2cc(F)cc(F)c2)C2(C(N)=O)C=C(C)C=C(C(=O)N(CCC)CCC)C2)[nH]1. The molecule has 1 aromatic heterocycles. The Hall–Kier alpha value is -3.08. The van der Waals surface area contributed by atoms with Crippen molar-refractivity contribution in [2.24, 2.45) is 17.1 Å². The van der Waals surface area contributed by atoms with E-state index >= 15 is 0 Å². The first-order valence-electron chi connectivity index (χ1n) is 15.5. The lowest BCUT2D eigenvalue weighted by Crippen LogP contribution is -2.51. The van der Waals surface area contributed by atoms with Crippen molar-refractivity contribution in [3.05, 3.63) is 75.4 Å². The van der Waals surface area contributed by atoms with Gasteiger partial charge in [0, 0.05) is 50.2 Å². The Morgan fingerprint density at radius 3 is 2.41 bits per heavy atom. The second-order valence-corrected chi connectivity index (χ2v) is 12.1. The quantitative estimate of drug-likeness (QED) is 0.186. The third kappa shape index (κ3) is 8.99. The van der Waals surface area contributed by atoms with E-state index in [4.69, 9.17) is 17.3 Å². The van der Waals surface area contributed by atoms with Crippen molar-refractivity contribution in [2.45, 2.75) is 85.3 Å². The van der Waals surface area contributed by atoms with Gasteiger partial charge in [0.15, 0.2) is 5.15 Å². The van der Waals surface area contributed by atoms with Crippen LogP contribution in [-0.4, -0.2) is 57.5 Å². The van der Waals surface area contributed by atoms with Gasteiger partial charge in [-0.3, -0.25) is 9.59 Å². The number of carbonyl (C=O) groups is 2. The maximum absolute atomic E-state index is 14.2. The van der Waals surface area contributed by atoms with Gasteiger partial charge in [-0.25, -0.2) is 13.8 Å². The molecule has 0 radical (unpaired) electrons. The number of hydrogen-bond donors (Lipinski definition) is 4. The molecule has 0 bridgehead atoms. The molecular formula is C33H46ClF2N5O3. The highest BCUT2D eigenvalue weighted by atomic mass is 35.5. The molecule has 1 heterocycles. The predicted octanol–water partition coefficient (Wildman–Crippen LogP) is 5.39.